The molecule has 1 unspecified atom stereocenters. The van der Waals surface area contributed by atoms with Crippen molar-refractivity contribution in [3.63, 3.8) is 0 Å². The molecule has 1 N–H and O–H groups in total. The highest BCUT2D eigenvalue weighted by atomic mass is 15.2. The van der Waals surface area contributed by atoms with Crippen LogP contribution in [0.15, 0.2) is 24.3 Å². The number of hydrogen-bond donors (Lipinski definition) is 1. The number of hydrogen-bond acceptors (Lipinski definition) is 2. The van der Waals surface area contributed by atoms with Gasteiger partial charge in [-0.15, -0.1) is 0 Å². The van der Waals surface area contributed by atoms with E-state index in [1.807, 2.05) is 0 Å². The molecule has 0 radical (unpaired) electrons. The fraction of sp³-hybridized carbons (Fsp3) is 0.647. The summed E-state index contributed by atoms with van der Waals surface area (Å²) in [5, 5.41) is 3.64. The predicted octanol–water partition coefficient (Wildman–Crippen LogP) is 3.78. The van der Waals surface area contributed by atoms with Crippen LogP contribution in [0.25, 0.3) is 0 Å². The van der Waals surface area contributed by atoms with Crippen LogP contribution in [0, 0.1) is 0 Å². The molecule has 0 aliphatic carbocycles. The molecule has 2 nitrogen and oxygen atoms in total. The van der Waals surface area contributed by atoms with Crippen molar-refractivity contribution in [1.29, 1.82) is 0 Å². The number of anilines is 1. The van der Waals surface area contributed by atoms with Gasteiger partial charge in [0, 0.05) is 30.4 Å². The molecule has 0 saturated carbocycles. The summed E-state index contributed by atoms with van der Waals surface area (Å²) in [6.45, 7) is 13.7. The summed E-state index contributed by atoms with van der Waals surface area (Å²) < 4.78 is 0. The van der Waals surface area contributed by atoms with Crippen LogP contribution in [0.2, 0.25) is 0 Å². The van der Waals surface area contributed by atoms with Gasteiger partial charge in [0.05, 0.1) is 0 Å². The second kappa shape index (κ2) is 5.54. The van der Waals surface area contributed by atoms with Gasteiger partial charge >= 0.3 is 0 Å². The highest BCUT2D eigenvalue weighted by molar-refractivity contribution is 5.57. The van der Waals surface area contributed by atoms with E-state index in [1.165, 1.54) is 17.7 Å². The molecule has 106 valence electrons. The van der Waals surface area contributed by atoms with Crippen molar-refractivity contribution in [2.24, 2.45) is 0 Å². The van der Waals surface area contributed by atoms with Crippen molar-refractivity contribution in [2.75, 3.05) is 18.0 Å². The van der Waals surface area contributed by atoms with Gasteiger partial charge in [0.1, 0.15) is 0 Å². The van der Waals surface area contributed by atoms with Gasteiger partial charge in [0.2, 0.25) is 0 Å². The van der Waals surface area contributed by atoms with Crippen molar-refractivity contribution in [1.82, 2.24) is 5.32 Å². The van der Waals surface area contributed by atoms with Crippen LogP contribution in [0.4, 0.5) is 5.69 Å². The zero-order chi connectivity index (χ0) is 14.0. The first-order valence-corrected chi connectivity index (χ1v) is 7.52. The predicted molar refractivity (Wildman–Crippen MR) is 84.0 cm³/mol. The number of rotatable bonds is 2. The first-order valence-electron chi connectivity index (χ1n) is 7.52. The van der Waals surface area contributed by atoms with Crippen LogP contribution in [0.1, 0.15) is 52.5 Å². The van der Waals surface area contributed by atoms with Gasteiger partial charge in [-0.1, -0.05) is 32.0 Å². The molecule has 1 saturated heterocycles. The Kier molecular flexibility index (Phi) is 4.19. The van der Waals surface area contributed by atoms with Gasteiger partial charge in [-0.25, -0.2) is 0 Å². The van der Waals surface area contributed by atoms with Crippen LogP contribution in [-0.2, 0) is 0 Å². The number of nitrogens with one attached hydrogen (secondary N) is 1. The Hall–Kier alpha value is -1.02. The van der Waals surface area contributed by atoms with Crippen molar-refractivity contribution < 1.29 is 0 Å². The Morgan fingerprint density at radius 3 is 2.63 bits per heavy atom. The van der Waals surface area contributed by atoms with Gasteiger partial charge in [0.15, 0.2) is 0 Å². The molecule has 0 spiro atoms. The highest BCUT2D eigenvalue weighted by Crippen LogP contribution is 2.33. The van der Waals surface area contributed by atoms with Crippen molar-refractivity contribution in [3.8, 4) is 0 Å². The van der Waals surface area contributed by atoms with Crippen LogP contribution >= 0.6 is 0 Å². The Bertz CT molecular complexity index is 423. The molecular weight excluding hydrogens is 232 g/mol. The van der Waals surface area contributed by atoms with Crippen molar-refractivity contribution in [3.05, 3.63) is 29.8 Å². The standard InChI is InChI=1S/C17H28N2/c1-13(2)15-8-6-7-9-16(15)19-11-10-14(3)18-12-17(19,4)5/h6-9,13-14,18H,10-12H2,1-5H3. The Balaban J connectivity index is 2.38. The summed E-state index contributed by atoms with van der Waals surface area (Å²) in [5.41, 5.74) is 3.04. The van der Waals surface area contributed by atoms with E-state index in [-0.39, 0.29) is 5.54 Å². The second-order valence-electron chi connectivity index (χ2n) is 6.75. The number of nitrogens with zero attached hydrogens (tertiary/aromatic N) is 1. The first-order chi connectivity index (χ1) is 8.92. The molecule has 1 aliphatic rings. The molecule has 2 heteroatoms. The summed E-state index contributed by atoms with van der Waals surface area (Å²) in [4.78, 5) is 2.60. The molecule has 1 atom stereocenters. The van der Waals surface area contributed by atoms with E-state index in [0.29, 0.717) is 12.0 Å². The van der Waals surface area contributed by atoms with E-state index in [4.69, 9.17) is 0 Å². The highest BCUT2D eigenvalue weighted by Gasteiger charge is 2.31. The SMILES string of the molecule is CC1CCN(c2ccccc2C(C)C)C(C)(C)CN1. The topological polar surface area (TPSA) is 15.3 Å². The van der Waals surface area contributed by atoms with E-state index >= 15 is 0 Å². The second-order valence-corrected chi connectivity index (χ2v) is 6.75. The fourth-order valence-electron chi connectivity index (χ4n) is 2.91. The molecular formula is C17H28N2. The minimum atomic E-state index is 0.162. The Morgan fingerprint density at radius 2 is 1.95 bits per heavy atom. The molecule has 1 aromatic rings. The molecule has 0 aromatic heterocycles. The normalized spacial score (nSPS) is 23.5. The van der Waals surface area contributed by atoms with Gasteiger partial charge in [-0.2, -0.15) is 0 Å². The number of para-hydroxylation sites is 1. The van der Waals surface area contributed by atoms with Crippen LogP contribution in [0.5, 0.6) is 0 Å². The van der Waals surface area contributed by atoms with E-state index < -0.39 is 0 Å². The third kappa shape index (κ3) is 3.11. The summed E-state index contributed by atoms with van der Waals surface area (Å²) in [7, 11) is 0. The van der Waals surface area contributed by atoms with Crippen molar-refractivity contribution in [2.45, 2.75) is 58.5 Å². The lowest BCUT2D eigenvalue weighted by Gasteiger charge is -2.40. The molecule has 0 bridgehead atoms. The van der Waals surface area contributed by atoms with E-state index in [1.54, 1.807) is 0 Å². The zero-order valence-corrected chi connectivity index (χ0v) is 13.0. The molecule has 1 heterocycles. The first kappa shape index (κ1) is 14.4. The fourth-order valence-corrected chi connectivity index (χ4v) is 2.91. The van der Waals surface area contributed by atoms with Gasteiger partial charge in [-0.05, 0) is 44.7 Å². The largest absolute Gasteiger partial charge is 0.365 e. The summed E-state index contributed by atoms with van der Waals surface area (Å²) >= 11 is 0. The smallest absolute Gasteiger partial charge is 0.0470 e. The maximum absolute atomic E-state index is 3.64. The maximum atomic E-state index is 3.64. The summed E-state index contributed by atoms with van der Waals surface area (Å²) in [6, 6.07) is 9.49. The Labute approximate surface area is 118 Å². The van der Waals surface area contributed by atoms with Gasteiger partial charge in [0.25, 0.3) is 0 Å². The lowest BCUT2D eigenvalue weighted by molar-refractivity contribution is 0.446. The van der Waals surface area contributed by atoms with Gasteiger partial charge in [-0.3, -0.25) is 0 Å². The molecule has 1 aromatic carbocycles. The van der Waals surface area contributed by atoms with Gasteiger partial charge < -0.3 is 10.2 Å². The average molecular weight is 260 g/mol. The van der Waals surface area contributed by atoms with Crippen molar-refractivity contribution >= 4 is 5.69 Å². The lowest BCUT2D eigenvalue weighted by atomic mass is 9.96. The molecule has 19 heavy (non-hydrogen) atoms. The summed E-state index contributed by atoms with van der Waals surface area (Å²) in [5.74, 6) is 0.570. The van der Waals surface area contributed by atoms with E-state index in [9.17, 15) is 0 Å². The quantitative estimate of drug-likeness (QED) is 0.870. The third-order valence-electron chi connectivity index (χ3n) is 4.25. The van der Waals surface area contributed by atoms with Crippen LogP contribution in [0.3, 0.4) is 0 Å². The summed E-state index contributed by atoms with van der Waals surface area (Å²) in [6.07, 6.45) is 1.20. The lowest BCUT2D eigenvalue weighted by Crippen LogP contribution is -2.49. The molecule has 1 fully saturated rings. The van der Waals surface area contributed by atoms with Crippen LogP contribution in [-0.4, -0.2) is 24.7 Å². The minimum Gasteiger partial charge on any atom is -0.365 e. The molecule has 0 amide bonds. The third-order valence-corrected chi connectivity index (χ3v) is 4.25. The van der Waals surface area contributed by atoms with E-state index in [2.05, 4.69) is 69.1 Å². The number of benzene rings is 1. The van der Waals surface area contributed by atoms with E-state index in [0.717, 1.165) is 13.1 Å². The maximum Gasteiger partial charge on any atom is 0.0470 e. The Morgan fingerprint density at radius 1 is 1.26 bits per heavy atom. The molecule has 2 rings (SSSR count). The van der Waals surface area contributed by atoms with Crippen LogP contribution < -0.4 is 10.2 Å². The zero-order valence-electron chi connectivity index (χ0n) is 13.0. The monoisotopic (exact) mass is 260 g/mol. The average Bonchev–Trinajstić information content (AvgIpc) is 2.49. The molecule has 1 aliphatic heterocycles. The minimum absolute atomic E-state index is 0.162.